The molecule has 2 aromatic rings. The molecule has 0 unspecified atom stereocenters. The molecule has 0 amide bonds. The van der Waals surface area contributed by atoms with Crippen LogP contribution in [0.15, 0.2) is 21.7 Å². The SMILES string of the molecule is Cc1noc(C)c1S(=O)(=O)N1CCN(c2ccnc(C(C)(C)C)n2)CC1. The number of sulfonamides is 1. The Bertz CT molecular complexity index is 874. The van der Waals surface area contributed by atoms with Crippen molar-refractivity contribution in [2.45, 2.75) is 44.9 Å². The molecular weight excluding hydrogens is 354 g/mol. The monoisotopic (exact) mass is 379 g/mol. The van der Waals surface area contributed by atoms with Crippen LogP contribution in [0.2, 0.25) is 0 Å². The largest absolute Gasteiger partial charge is 0.360 e. The van der Waals surface area contributed by atoms with E-state index in [9.17, 15) is 8.42 Å². The van der Waals surface area contributed by atoms with Crippen molar-refractivity contribution in [3.63, 3.8) is 0 Å². The third-order valence-corrected chi connectivity index (χ3v) is 6.58. The second-order valence-electron chi connectivity index (χ2n) is 7.53. The van der Waals surface area contributed by atoms with E-state index < -0.39 is 10.0 Å². The smallest absolute Gasteiger partial charge is 0.248 e. The fourth-order valence-electron chi connectivity index (χ4n) is 3.02. The molecule has 2 aromatic heterocycles. The Hall–Kier alpha value is -2.00. The third-order valence-electron chi connectivity index (χ3n) is 4.44. The lowest BCUT2D eigenvalue weighted by atomic mass is 9.96. The van der Waals surface area contributed by atoms with E-state index >= 15 is 0 Å². The fraction of sp³-hybridized carbons (Fsp3) is 0.588. The third kappa shape index (κ3) is 3.45. The van der Waals surface area contributed by atoms with Crippen LogP contribution in [0.4, 0.5) is 5.82 Å². The first-order valence-corrected chi connectivity index (χ1v) is 10.1. The minimum Gasteiger partial charge on any atom is -0.360 e. The average molecular weight is 379 g/mol. The summed E-state index contributed by atoms with van der Waals surface area (Å²) in [5.41, 5.74) is 0.264. The van der Waals surface area contributed by atoms with Crippen LogP contribution >= 0.6 is 0 Å². The van der Waals surface area contributed by atoms with Crippen LogP contribution in [0.1, 0.15) is 38.0 Å². The molecule has 26 heavy (non-hydrogen) atoms. The number of rotatable bonds is 3. The molecule has 142 valence electrons. The van der Waals surface area contributed by atoms with Gasteiger partial charge in [-0.05, 0) is 19.9 Å². The number of piperazine rings is 1. The Morgan fingerprint density at radius 1 is 1.12 bits per heavy atom. The van der Waals surface area contributed by atoms with Gasteiger partial charge in [0.15, 0.2) is 5.76 Å². The van der Waals surface area contributed by atoms with Crippen molar-refractivity contribution >= 4 is 15.8 Å². The van der Waals surface area contributed by atoms with E-state index in [1.807, 2.05) is 6.07 Å². The van der Waals surface area contributed by atoms with E-state index in [2.05, 4.69) is 40.8 Å². The maximum atomic E-state index is 12.9. The molecule has 8 nitrogen and oxygen atoms in total. The van der Waals surface area contributed by atoms with Crippen LogP contribution in [0.5, 0.6) is 0 Å². The summed E-state index contributed by atoms with van der Waals surface area (Å²) in [5, 5.41) is 3.76. The standard InChI is InChI=1S/C17H25N5O3S/c1-12-15(13(2)25-20-12)26(23,24)22-10-8-21(9-11-22)14-6-7-18-16(19-14)17(3,4)5/h6-7H,8-11H2,1-5H3. The molecular formula is C17H25N5O3S. The van der Waals surface area contributed by atoms with Crippen molar-refractivity contribution in [2.75, 3.05) is 31.1 Å². The van der Waals surface area contributed by atoms with Crippen molar-refractivity contribution in [1.29, 1.82) is 0 Å². The highest BCUT2D eigenvalue weighted by Gasteiger charge is 2.33. The summed E-state index contributed by atoms with van der Waals surface area (Å²) in [6.45, 7) is 11.4. The maximum Gasteiger partial charge on any atom is 0.248 e. The average Bonchev–Trinajstić information content (AvgIpc) is 2.93. The van der Waals surface area contributed by atoms with Gasteiger partial charge in [0.05, 0.1) is 0 Å². The molecule has 1 saturated heterocycles. The number of anilines is 1. The van der Waals surface area contributed by atoms with Gasteiger partial charge in [-0.15, -0.1) is 0 Å². The highest BCUT2D eigenvalue weighted by Crippen LogP contribution is 2.26. The van der Waals surface area contributed by atoms with Gasteiger partial charge in [0.25, 0.3) is 0 Å². The van der Waals surface area contributed by atoms with Crippen molar-refractivity contribution in [1.82, 2.24) is 19.4 Å². The number of hydrogen-bond donors (Lipinski definition) is 0. The van der Waals surface area contributed by atoms with E-state index in [1.54, 1.807) is 20.0 Å². The zero-order chi connectivity index (χ0) is 19.1. The Labute approximate surface area is 154 Å². The van der Waals surface area contributed by atoms with E-state index in [1.165, 1.54) is 4.31 Å². The maximum absolute atomic E-state index is 12.9. The van der Waals surface area contributed by atoms with E-state index in [4.69, 9.17) is 4.52 Å². The van der Waals surface area contributed by atoms with Gasteiger partial charge >= 0.3 is 0 Å². The quantitative estimate of drug-likeness (QED) is 0.804. The van der Waals surface area contributed by atoms with Gasteiger partial charge in [-0.25, -0.2) is 18.4 Å². The fourth-order valence-corrected chi connectivity index (χ4v) is 4.73. The molecule has 1 aliphatic rings. The molecule has 0 saturated carbocycles. The molecule has 1 aliphatic heterocycles. The van der Waals surface area contributed by atoms with Gasteiger partial charge < -0.3 is 9.42 Å². The van der Waals surface area contributed by atoms with Crippen LogP contribution in [-0.2, 0) is 15.4 Å². The molecule has 1 fully saturated rings. The van der Waals surface area contributed by atoms with E-state index in [-0.39, 0.29) is 10.3 Å². The van der Waals surface area contributed by atoms with Gasteiger partial charge in [0.1, 0.15) is 22.2 Å². The predicted octanol–water partition coefficient (Wildman–Crippen LogP) is 1.89. The second kappa shape index (κ2) is 6.62. The van der Waals surface area contributed by atoms with Gasteiger partial charge in [-0.1, -0.05) is 25.9 Å². The van der Waals surface area contributed by atoms with Gasteiger partial charge in [0.2, 0.25) is 10.0 Å². The normalized spacial score (nSPS) is 16.9. The lowest BCUT2D eigenvalue weighted by Gasteiger charge is -2.35. The minimum atomic E-state index is -3.60. The number of aromatic nitrogens is 3. The first kappa shape index (κ1) is 18.8. The number of hydrogen-bond acceptors (Lipinski definition) is 7. The van der Waals surface area contributed by atoms with Crippen molar-refractivity contribution in [3.05, 3.63) is 29.5 Å². The van der Waals surface area contributed by atoms with Crippen LogP contribution in [0.3, 0.4) is 0 Å². The molecule has 0 radical (unpaired) electrons. The highest BCUT2D eigenvalue weighted by atomic mass is 32.2. The number of nitrogens with zero attached hydrogens (tertiary/aromatic N) is 5. The second-order valence-corrected chi connectivity index (χ2v) is 9.41. The van der Waals surface area contributed by atoms with Crippen LogP contribution in [-0.4, -0.2) is 54.0 Å². The molecule has 0 aromatic carbocycles. The van der Waals surface area contributed by atoms with Gasteiger partial charge in [-0.2, -0.15) is 4.31 Å². The van der Waals surface area contributed by atoms with Crippen molar-refractivity contribution < 1.29 is 12.9 Å². The number of aryl methyl sites for hydroxylation is 2. The summed E-state index contributed by atoms with van der Waals surface area (Å²) in [5.74, 6) is 1.94. The zero-order valence-electron chi connectivity index (χ0n) is 15.9. The van der Waals surface area contributed by atoms with Crippen LogP contribution in [0, 0.1) is 13.8 Å². The first-order chi connectivity index (χ1) is 12.1. The summed E-state index contributed by atoms with van der Waals surface area (Å²) in [4.78, 5) is 11.3. The predicted molar refractivity (Wildman–Crippen MR) is 97.7 cm³/mol. The lowest BCUT2D eigenvalue weighted by Crippen LogP contribution is -2.49. The van der Waals surface area contributed by atoms with E-state index in [0.29, 0.717) is 37.6 Å². The lowest BCUT2D eigenvalue weighted by molar-refractivity contribution is 0.377. The highest BCUT2D eigenvalue weighted by molar-refractivity contribution is 7.89. The van der Waals surface area contributed by atoms with Crippen molar-refractivity contribution in [2.24, 2.45) is 0 Å². The van der Waals surface area contributed by atoms with Crippen molar-refractivity contribution in [3.8, 4) is 0 Å². The first-order valence-electron chi connectivity index (χ1n) is 8.62. The molecule has 0 spiro atoms. The Morgan fingerprint density at radius 3 is 2.31 bits per heavy atom. The molecule has 0 aliphatic carbocycles. The molecule has 9 heteroatoms. The molecule has 0 N–H and O–H groups in total. The summed E-state index contributed by atoms with van der Waals surface area (Å²) < 4.78 is 32.3. The molecule has 3 heterocycles. The Balaban J connectivity index is 1.76. The van der Waals surface area contributed by atoms with Crippen LogP contribution < -0.4 is 4.90 Å². The zero-order valence-corrected chi connectivity index (χ0v) is 16.7. The summed E-state index contributed by atoms with van der Waals surface area (Å²) in [7, 11) is -3.60. The van der Waals surface area contributed by atoms with E-state index in [0.717, 1.165) is 11.6 Å². The topological polar surface area (TPSA) is 92.4 Å². The summed E-state index contributed by atoms with van der Waals surface area (Å²) in [6, 6.07) is 1.87. The summed E-state index contributed by atoms with van der Waals surface area (Å²) >= 11 is 0. The summed E-state index contributed by atoms with van der Waals surface area (Å²) in [6.07, 6.45) is 1.76. The molecule has 3 rings (SSSR count). The van der Waals surface area contributed by atoms with Gasteiger partial charge in [0, 0.05) is 37.8 Å². The molecule has 0 bridgehead atoms. The minimum absolute atomic E-state index is 0.134. The van der Waals surface area contributed by atoms with Crippen LogP contribution in [0.25, 0.3) is 0 Å². The molecule has 0 atom stereocenters. The Kier molecular flexibility index (Phi) is 4.78. The Morgan fingerprint density at radius 2 is 1.77 bits per heavy atom. The van der Waals surface area contributed by atoms with Gasteiger partial charge in [-0.3, -0.25) is 0 Å².